The third-order valence-electron chi connectivity index (χ3n) is 3.20. The second kappa shape index (κ2) is 7.95. The number of aliphatic carboxylic acids is 1. The molecule has 0 fully saturated rings. The van der Waals surface area contributed by atoms with Crippen molar-refractivity contribution in [1.82, 2.24) is 10.2 Å². The number of hydrogen-bond donors (Lipinski definition) is 2. The lowest BCUT2D eigenvalue weighted by atomic mass is 9.85. The summed E-state index contributed by atoms with van der Waals surface area (Å²) in [4.78, 5) is 23.7. The van der Waals surface area contributed by atoms with E-state index in [4.69, 9.17) is 5.11 Å². The van der Waals surface area contributed by atoms with Crippen LogP contribution in [0.5, 0.6) is 0 Å². The molecule has 0 bridgehead atoms. The van der Waals surface area contributed by atoms with E-state index >= 15 is 0 Å². The van der Waals surface area contributed by atoms with E-state index in [1.54, 1.807) is 6.92 Å². The Morgan fingerprint density at radius 2 is 1.67 bits per heavy atom. The van der Waals surface area contributed by atoms with Crippen LogP contribution in [0, 0.1) is 17.8 Å². The van der Waals surface area contributed by atoms with Gasteiger partial charge in [-0.15, -0.1) is 0 Å². The second-order valence-electron chi connectivity index (χ2n) is 5.25. The molecule has 0 aliphatic rings. The predicted octanol–water partition coefficient (Wildman–Crippen LogP) is 2.03. The molecule has 5 nitrogen and oxygen atoms in total. The molecule has 0 aliphatic heterocycles. The molecule has 0 aliphatic carbocycles. The molecule has 0 aromatic carbocycles. The molecule has 0 rings (SSSR count). The van der Waals surface area contributed by atoms with Crippen molar-refractivity contribution < 1.29 is 14.7 Å². The van der Waals surface area contributed by atoms with Gasteiger partial charge in [-0.3, -0.25) is 4.79 Å². The standard InChI is InChI=1S/C13H26N2O3/c1-6-15(8-12(16)17)13(18)14-7-11(9(2)3)10(4)5/h9-11H,6-8H2,1-5H3,(H,14,18)(H,16,17). The Labute approximate surface area is 110 Å². The maximum absolute atomic E-state index is 11.8. The molecule has 0 unspecified atom stereocenters. The lowest BCUT2D eigenvalue weighted by Gasteiger charge is -2.27. The molecule has 0 saturated carbocycles. The molecule has 0 heterocycles. The summed E-state index contributed by atoms with van der Waals surface area (Å²) in [6.07, 6.45) is 0. The van der Waals surface area contributed by atoms with Crippen LogP contribution in [0.25, 0.3) is 0 Å². The van der Waals surface area contributed by atoms with E-state index in [0.717, 1.165) is 0 Å². The molecular weight excluding hydrogens is 232 g/mol. The molecule has 0 saturated heterocycles. The molecule has 5 heteroatoms. The van der Waals surface area contributed by atoms with Crippen LogP contribution in [0.3, 0.4) is 0 Å². The Kier molecular flexibility index (Phi) is 7.39. The topological polar surface area (TPSA) is 69.6 Å². The van der Waals surface area contributed by atoms with E-state index in [2.05, 4.69) is 33.0 Å². The third kappa shape index (κ3) is 5.89. The Bertz CT molecular complexity index is 269. The SMILES string of the molecule is CCN(CC(=O)O)C(=O)NCC(C(C)C)C(C)C. The number of rotatable bonds is 7. The van der Waals surface area contributed by atoms with E-state index in [1.165, 1.54) is 4.90 Å². The number of carbonyl (C=O) groups is 2. The first kappa shape index (κ1) is 16.7. The van der Waals surface area contributed by atoms with Crippen molar-refractivity contribution in [1.29, 1.82) is 0 Å². The average molecular weight is 258 g/mol. The molecule has 0 atom stereocenters. The van der Waals surface area contributed by atoms with Crippen molar-refractivity contribution in [2.45, 2.75) is 34.6 Å². The van der Waals surface area contributed by atoms with Crippen molar-refractivity contribution in [3.63, 3.8) is 0 Å². The summed E-state index contributed by atoms with van der Waals surface area (Å²) < 4.78 is 0. The average Bonchev–Trinajstić information content (AvgIpc) is 2.24. The first-order chi connectivity index (χ1) is 8.29. The highest BCUT2D eigenvalue weighted by Crippen LogP contribution is 2.19. The number of hydrogen-bond acceptors (Lipinski definition) is 2. The quantitative estimate of drug-likeness (QED) is 0.734. The molecule has 0 aromatic heterocycles. The number of nitrogens with zero attached hydrogens (tertiary/aromatic N) is 1. The molecule has 0 aromatic rings. The molecule has 18 heavy (non-hydrogen) atoms. The molecular formula is C13H26N2O3. The van der Waals surface area contributed by atoms with Crippen molar-refractivity contribution in [2.24, 2.45) is 17.8 Å². The number of carbonyl (C=O) groups excluding carboxylic acids is 1. The summed E-state index contributed by atoms with van der Waals surface area (Å²) >= 11 is 0. The summed E-state index contributed by atoms with van der Waals surface area (Å²) in [5, 5.41) is 11.5. The van der Waals surface area contributed by atoms with E-state index in [-0.39, 0.29) is 12.6 Å². The minimum Gasteiger partial charge on any atom is -0.480 e. The zero-order chi connectivity index (χ0) is 14.3. The number of carboxylic acid groups (broad SMARTS) is 1. The van der Waals surface area contributed by atoms with E-state index in [1.807, 2.05) is 0 Å². The molecule has 106 valence electrons. The smallest absolute Gasteiger partial charge is 0.323 e. The number of likely N-dealkylation sites (N-methyl/N-ethyl adjacent to an activating group) is 1. The van der Waals surface area contributed by atoms with Crippen molar-refractivity contribution in [3.05, 3.63) is 0 Å². The zero-order valence-corrected chi connectivity index (χ0v) is 12.1. The highest BCUT2D eigenvalue weighted by Gasteiger charge is 2.20. The van der Waals surface area contributed by atoms with Crippen LogP contribution >= 0.6 is 0 Å². The van der Waals surface area contributed by atoms with E-state index < -0.39 is 5.97 Å². The number of nitrogens with one attached hydrogen (secondary N) is 1. The molecule has 0 spiro atoms. The monoisotopic (exact) mass is 258 g/mol. The summed E-state index contributed by atoms with van der Waals surface area (Å²) in [6.45, 7) is 11.0. The third-order valence-corrected chi connectivity index (χ3v) is 3.20. The van der Waals surface area contributed by atoms with Crippen molar-refractivity contribution in [3.8, 4) is 0 Å². The lowest BCUT2D eigenvalue weighted by molar-refractivity contribution is -0.137. The summed E-state index contributed by atoms with van der Waals surface area (Å²) in [5.74, 6) is 0.383. The van der Waals surface area contributed by atoms with Crippen LogP contribution in [-0.4, -0.2) is 41.6 Å². The van der Waals surface area contributed by atoms with Crippen LogP contribution < -0.4 is 5.32 Å². The predicted molar refractivity (Wildman–Crippen MR) is 71.4 cm³/mol. The second-order valence-corrected chi connectivity index (χ2v) is 5.25. The van der Waals surface area contributed by atoms with Gasteiger partial charge in [-0.2, -0.15) is 0 Å². The van der Waals surface area contributed by atoms with Gasteiger partial charge in [-0.1, -0.05) is 27.7 Å². The highest BCUT2D eigenvalue weighted by atomic mass is 16.4. The molecule has 2 N–H and O–H groups in total. The first-order valence-corrected chi connectivity index (χ1v) is 6.54. The van der Waals surface area contributed by atoms with Crippen LogP contribution in [-0.2, 0) is 4.79 Å². The van der Waals surface area contributed by atoms with Gasteiger partial charge in [0.15, 0.2) is 0 Å². The maximum atomic E-state index is 11.8. The maximum Gasteiger partial charge on any atom is 0.323 e. The van der Waals surface area contributed by atoms with Gasteiger partial charge in [0, 0.05) is 13.1 Å². The zero-order valence-electron chi connectivity index (χ0n) is 12.1. The van der Waals surface area contributed by atoms with E-state index in [0.29, 0.717) is 30.8 Å². The lowest BCUT2D eigenvalue weighted by Crippen LogP contribution is -2.45. The molecule has 2 amide bonds. The van der Waals surface area contributed by atoms with Gasteiger partial charge in [-0.25, -0.2) is 4.79 Å². The van der Waals surface area contributed by atoms with Crippen LogP contribution in [0.4, 0.5) is 4.79 Å². The summed E-state index contributed by atoms with van der Waals surface area (Å²) in [5.41, 5.74) is 0. The fourth-order valence-electron chi connectivity index (χ4n) is 2.05. The van der Waals surface area contributed by atoms with Crippen LogP contribution in [0.15, 0.2) is 0 Å². The largest absolute Gasteiger partial charge is 0.480 e. The van der Waals surface area contributed by atoms with Crippen molar-refractivity contribution in [2.75, 3.05) is 19.6 Å². The van der Waals surface area contributed by atoms with Gasteiger partial charge in [0.2, 0.25) is 0 Å². The Morgan fingerprint density at radius 3 is 2.00 bits per heavy atom. The summed E-state index contributed by atoms with van der Waals surface area (Å²) in [6, 6.07) is -0.300. The fraction of sp³-hybridized carbons (Fsp3) is 0.846. The summed E-state index contributed by atoms with van der Waals surface area (Å²) in [7, 11) is 0. The van der Waals surface area contributed by atoms with Gasteiger partial charge >= 0.3 is 12.0 Å². The van der Waals surface area contributed by atoms with Crippen LogP contribution in [0.2, 0.25) is 0 Å². The van der Waals surface area contributed by atoms with Gasteiger partial charge in [0.1, 0.15) is 6.54 Å². The van der Waals surface area contributed by atoms with Crippen molar-refractivity contribution >= 4 is 12.0 Å². The fourth-order valence-corrected chi connectivity index (χ4v) is 2.05. The normalized spacial score (nSPS) is 11.1. The van der Waals surface area contributed by atoms with Gasteiger partial charge < -0.3 is 15.3 Å². The Hall–Kier alpha value is -1.26. The van der Waals surface area contributed by atoms with Gasteiger partial charge in [0.05, 0.1) is 0 Å². The van der Waals surface area contributed by atoms with E-state index in [9.17, 15) is 9.59 Å². The Balaban J connectivity index is 4.33. The van der Waals surface area contributed by atoms with Gasteiger partial charge in [0.25, 0.3) is 0 Å². The minimum atomic E-state index is -0.990. The van der Waals surface area contributed by atoms with Gasteiger partial charge in [-0.05, 0) is 24.7 Å². The van der Waals surface area contributed by atoms with Crippen LogP contribution in [0.1, 0.15) is 34.6 Å². The number of urea groups is 1. The first-order valence-electron chi connectivity index (χ1n) is 6.54. The highest BCUT2D eigenvalue weighted by molar-refractivity contribution is 5.80. The molecule has 0 radical (unpaired) electrons. The minimum absolute atomic E-state index is 0.254. The Morgan fingerprint density at radius 1 is 1.17 bits per heavy atom. The number of amides is 2. The number of carboxylic acids is 1.